The zero-order valence-corrected chi connectivity index (χ0v) is 15.9. The number of hydrogen-bond acceptors (Lipinski definition) is 5. The van der Waals surface area contributed by atoms with Crippen molar-refractivity contribution >= 4 is 21.9 Å². The number of carbonyl (C=O) groups excluding carboxylic acids is 2. The molecule has 2 atom stereocenters. The van der Waals surface area contributed by atoms with Gasteiger partial charge in [0.05, 0.1) is 17.1 Å². The quantitative estimate of drug-likeness (QED) is 0.720. The lowest BCUT2D eigenvalue weighted by molar-refractivity contribution is -0.134. The third kappa shape index (κ3) is 3.76. The molecule has 2 aliphatic rings. The SMILES string of the molecule is CCOC(=O)c1ccc(S(=O)(=O)N2CCN(C(=O)[C@@H]3C[C@H]3C)CC2)cc1. The van der Waals surface area contributed by atoms with E-state index in [1.54, 1.807) is 11.8 Å². The van der Waals surface area contributed by atoms with Crippen LogP contribution < -0.4 is 0 Å². The molecule has 1 aromatic carbocycles. The fraction of sp³-hybridized carbons (Fsp3) is 0.556. The largest absolute Gasteiger partial charge is 0.462 e. The number of rotatable bonds is 5. The van der Waals surface area contributed by atoms with Gasteiger partial charge in [-0.25, -0.2) is 13.2 Å². The lowest BCUT2D eigenvalue weighted by atomic mass is 10.2. The first kappa shape index (κ1) is 18.8. The molecule has 1 aromatic rings. The molecule has 1 saturated heterocycles. The van der Waals surface area contributed by atoms with E-state index in [1.807, 2.05) is 0 Å². The summed E-state index contributed by atoms with van der Waals surface area (Å²) in [4.78, 5) is 25.8. The van der Waals surface area contributed by atoms with Crippen molar-refractivity contribution in [2.75, 3.05) is 32.8 Å². The van der Waals surface area contributed by atoms with E-state index in [2.05, 4.69) is 6.92 Å². The normalized spacial score (nSPS) is 23.5. The number of esters is 1. The lowest BCUT2D eigenvalue weighted by Gasteiger charge is -2.34. The van der Waals surface area contributed by atoms with E-state index in [9.17, 15) is 18.0 Å². The van der Waals surface area contributed by atoms with Crippen LogP contribution in [0, 0.1) is 11.8 Å². The minimum Gasteiger partial charge on any atom is -0.462 e. The Labute approximate surface area is 154 Å². The van der Waals surface area contributed by atoms with Gasteiger partial charge in [0.2, 0.25) is 15.9 Å². The number of amides is 1. The maximum absolute atomic E-state index is 12.8. The third-order valence-electron chi connectivity index (χ3n) is 4.98. The van der Waals surface area contributed by atoms with Crippen molar-refractivity contribution < 1.29 is 22.7 Å². The molecule has 1 amide bonds. The van der Waals surface area contributed by atoms with Gasteiger partial charge in [0, 0.05) is 32.1 Å². The molecule has 142 valence electrons. The minimum absolute atomic E-state index is 0.119. The molecule has 0 spiro atoms. The molecule has 0 aromatic heterocycles. The highest BCUT2D eigenvalue weighted by atomic mass is 32.2. The number of sulfonamides is 1. The van der Waals surface area contributed by atoms with Gasteiger partial charge in [-0.15, -0.1) is 0 Å². The van der Waals surface area contributed by atoms with Gasteiger partial charge >= 0.3 is 5.97 Å². The predicted molar refractivity (Wildman–Crippen MR) is 95.0 cm³/mol. The van der Waals surface area contributed by atoms with Crippen LogP contribution in [0.2, 0.25) is 0 Å². The molecule has 1 aliphatic heterocycles. The van der Waals surface area contributed by atoms with E-state index in [1.165, 1.54) is 28.6 Å². The van der Waals surface area contributed by atoms with Crippen LogP contribution in [0.15, 0.2) is 29.2 Å². The fourth-order valence-electron chi connectivity index (χ4n) is 3.18. The summed E-state index contributed by atoms with van der Waals surface area (Å²) in [5.41, 5.74) is 0.319. The maximum atomic E-state index is 12.8. The maximum Gasteiger partial charge on any atom is 0.338 e. The van der Waals surface area contributed by atoms with Crippen molar-refractivity contribution in [3.05, 3.63) is 29.8 Å². The highest BCUT2D eigenvalue weighted by molar-refractivity contribution is 7.89. The molecule has 26 heavy (non-hydrogen) atoms. The second kappa shape index (κ2) is 7.36. The topological polar surface area (TPSA) is 84.0 Å². The van der Waals surface area contributed by atoms with E-state index in [0.29, 0.717) is 24.6 Å². The molecule has 0 unspecified atom stereocenters. The summed E-state index contributed by atoms with van der Waals surface area (Å²) < 4.78 is 31.8. The molecule has 2 fully saturated rings. The van der Waals surface area contributed by atoms with Crippen molar-refractivity contribution in [3.63, 3.8) is 0 Å². The molecule has 0 radical (unpaired) electrons. The van der Waals surface area contributed by atoms with Crippen LogP contribution in [0.25, 0.3) is 0 Å². The van der Waals surface area contributed by atoms with E-state index in [4.69, 9.17) is 4.74 Å². The van der Waals surface area contributed by atoms with Crippen LogP contribution >= 0.6 is 0 Å². The van der Waals surface area contributed by atoms with Crippen molar-refractivity contribution in [1.29, 1.82) is 0 Å². The van der Waals surface area contributed by atoms with Crippen molar-refractivity contribution in [3.8, 4) is 0 Å². The van der Waals surface area contributed by atoms with Crippen LogP contribution in [-0.4, -0.2) is 62.3 Å². The van der Waals surface area contributed by atoms with Crippen LogP contribution in [0.1, 0.15) is 30.6 Å². The molecular weight excluding hydrogens is 356 g/mol. The molecule has 1 aliphatic carbocycles. The van der Waals surface area contributed by atoms with Crippen LogP contribution in [-0.2, 0) is 19.6 Å². The Morgan fingerprint density at radius 2 is 1.69 bits per heavy atom. The predicted octanol–water partition coefficient (Wildman–Crippen LogP) is 1.35. The first-order valence-electron chi connectivity index (χ1n) is 8.90. The molecule has 0 N–H and O–H groups in total. The van der Waals surface area contributed by atoms with Gasteiger partial charge in [-0.1, -0.05) is 6.92 Å². The standard InChI is InChI=1S/C18H24N2O5S/c1-3-25-18(22)14-4-6-15(7-5-14)26(23,24)20-10-8-19(9-11-20)17(21)16-12-13(16)2/h4-7,13,16H,3,8-12H2,1-2H3/t13-,16-/m1/s1. The molecule has 7 nitrogen and oxygen atoms in total. The number of ether oxygens (including phenoxy) is 1. The van der Waals surface area contributed by atoms with Gasteiger partial charge < -0.3 is 9.64 Å². The summed E-state index contributed by atoms with van der Waals surface area (Å²) in [6, 6.07) is 5.76. The van der Waals surface area contributed by atoms with E-state index in [0.717, 1.165) is 6.42 Å². The van der Waals surface area contributed by atoms with E-state index >= 15 is 0 Å². The number of piperazine rings is 1. The van der Waals surface area contributed by atoms with Crippen LogP contribution in [0.3, 0.4) is 0 Å². The Balaban J connectivity index is 1.63. The summed E-state index contributed by atoms with van der Waals surface area (Å²) >= 11 is 0. The van der Waals surface area contributed by atoms with E-state index < -0.39 is 16.0 Å². The van der Waals surface area contributed by atoms with Crippen molar-refractivity contribution in [2.45, 2.75) is 25.2 Å². The molecule has 1 saturated carbocycles. The Bertz CT molecular complexity index is 782. The molecule has 3 rings (SSSR count). The van der Waals surface area contributed by atoms with Crippen LogP contribution in [0.4, 0.5) is 0 Å². The van der Waals surface area contributed by atoms with Gasteiger partial charge in [-0.05, 0) is 43.5 Å². The van der Waals surface area contributed by atoms with E-state index in [-0.39, 0.29) is 36.4 Å². The minimum atomic E-state index is -3.64. The van der Waals surface area contributed by atoms with Crippen molar-refractivity contribution in [2.24, 2.45) is 11.8 Å². The average Bonchev–Trinajstić information content (AvgIpc) is 3.38. The zero-order valence-electron chi connectivity index (χ0n) is 15.1. The Hall–Kier alpha value is -1.93. The zero-order chi connectivity index (χ0) is 18.9. The number of benzene rings is 1. The molecule has 8 heteroatoms. The first-order chi connectivity index (χ1) is 12.3. The summed E-state index contributed by atoms with van der Waals surface area (Å²) in [6.07, 6.45) is 0.935. The number of nitrogens with zero attached hydrogens (tertiary/aromatic N) is 2. The third-order valence-corrected chi connectivity index (χ3v) is 6.89. The summed E-state index contributed by atoms with van der Waals surface area (Å²) in [7, 11) is -3.64. The van der Waals surface area contributed by atoms with Crippen LogP contribution in [0.5, 0.6) is 0 Å². The fourth-order valence-corrected chi connectivity index (χ4v) is 4.60. The smallest absolute Gasteiger partial charge is 0.338 e. The van der Waals surface area contributed by atoms with Gasteiger partial charge in [-0.3, -0.25) is 4.79 Å². The summed E-state index contributed by atoms with van der Waals surface area (Å²) in [6.45, 7) is 5.45. The second-order valence-corrected chi connectivity index (χ2v) is 8.73. The Morgan fingerprint density at radius 3 is 2.19 bits per heavy atom. The first-order valence-corrected chi connectivity index (χ1v) is 10.3. The lowest BCUT2D eigenvalue weighted by Crippen LogP contribution is -2.51. The van der Waals surface area contributed by atoms with Gasteiger partial charge in [0.25, 0.3) is 0 Å². The highest BCUT2D eigenvalue weighted by Crippen LogP contribution is 2.39. The van der Waals surface area contributed by atoms with Gasteiger partial charge in [0.15, 0.2) is 0 Å². The molecule has 0 bridgehead atoms. The van der Waals surface area contributed by atoms with Crippen molar-refractivity contribution in [1.82, 2.24) is 9.21 Å². The Kier molecular flexibility index (Phi) is 5.34. The summed E-state index contributed by atoms with van der Waals surface area (Å²) in [5.74, 6) is 0.238. The number of hydrogen-bond donors (Lipinski definition) is 0. The molecule has 1 heterocycles. The van der Waals surface area contributed by atoms with Gasteiger partial charge in [0.1, 0.15) is 0 Å². The monoisotopic (exact) mass is 380 g/mol. The highest BCUT2D eigenvalue weighted by Gasteiger charge is 2.42. The van der Waals surface area contributed by atoms with Gasteiger partial charge in [-0.2, -0.15) is 4.31 Å². The number of carbonyl (C=O) groups is 2. The Morgan fingerprint density at radius 1 is 1.12 bits per heavy atom. The second-order valence-electron chi connectivity index (χ2n) is 6.79. The summed E-state index contributed by atoms with van der Waals surface area (Å²) in [5, 5.41) is 0. The molecular formula is C18H24N2O5S. The average molecular weight is 380 g/mol.